The second-order valence-electron chi connectivity index (χ2n) is 5.55. The van der Waals surface area contributed by atoms with Crippen molar-refractivity contribution in [2.45, 2.75) is 38.3 Å². The van der Waals surface area contributed by atoms with Gasteiger partial charge in [-0.2, -0.15) is 0 Å². The van der Waals surface area contributed by atoms with Gasteiger partial charge in [0.2, 0.25) is 5.54 Å². The molecule has 0 amide bonds. The molecule has 0 aromatic heterocycles. The zero-order valence-electron chi connectivity index (χ0n) is 11.6. The van der Waals surface area contributed by atoms with E-state index in [2.05, 4.69) is 0 Å². The number of ether oxygens (including phenoxy) is 1. The van der Waals surface area contributed by atoms with Crippen LogP contribution in [0.2, 0.25) is 0 Å². The molecule has 0 bridgehead atoms. The first kappa shape index (κ1) is 16.1. The summed E-state index contributed by atoms with van der Waals surface area (Å²) in [5.41, 5.74) is 2.49. The quantitative estimate of drug-likeness (QED) is 0.645. The first-order valence-corrected chi connectivity index (χ1v) is 6.05. The molecule has 0 aliphatic heterocycles. The lowest BCUT2D eigenvalue weighted by molar-refractivity contribution is -0.169. The van der Waals surface area contributed by atoms with Gasteiger partial charge in [-0.05, 0) is 32.4 Å². The Balaban J connectivity index is 3.07. The van der Waals surface area contributed by atoms with E-state index in [-0.39, 0.29) is 5.56 Å². The highest BCUT2D eigenvalue weighted by Gasteiger charge is 2.46. The molecule has 110 valence electrons. The molecule has 0 unspecified atom stereocenters. The number of nitrogens with two attached hydrogens (primary N) is 1. The van der Waals surface area contributed by atoms with Crippen molar-refractivity contribution in [2.24, 2.45) is 5.73 Å². The number of carbonyl (C=O) groups excluding carboxylic acids is 1. The Bertz CT molecular complexity index is 524. The smallest absolute Gasteiger partial charge is 0.338 e. The van der Waals surface area contributed by atoms with E-state index in [0.29, 0.717) is 0 Å². The predicted octanol–water partition coefficient (Wildman–Crippen LogP) is 1.49. The van der Waals surface area contributed by atoms with E-state index >= 15 is 0 Å². The van der Waals surface area contributed by atoms with E-state index in [0.717, 1.165) is 0 Å². The van der Waals surface area contributed by atoms with Crippen LogP contribution in [0.5, 0.6) is 0 Å². The zero-order chi connectivity index (χ0) is 15.6. The van der Waals surface area contributed by atoms with E-state index in [9.17, 15) is 19.1 Å². The summed E-state index contributed by atoms with van der Waals surface area (Å²) in [4.78, 5) is 23.3. The maximum atomic E-state index is 13.6. The van der Waals surface area contributed by atoms with Gasteiger partial charge >= 0.3 is 11.9 Å². The maximum Gasteiger partial charge on any atom is 0.338 e. The molecule has 0 aliphatic carbocycles. The molecule has 5 nitrogen and oxygen atoms in total. The molecule has 0 heterocycles. The van der Waals surface area contributed by atoms with Crippen molar-refractivity contribution in [3.05, 3.63) is 35.6 Å². The fraction of sp³-hybridized carbons (Fsp3) is 0.429. The van der Waals surface area contributed by atoms with Gasteiger partial charge in [-0.15, -0.1) is 0 Å². The van der Waals surface area contributed by atoms with Crippen LogP contribution in [0.15, 0.2) is 24.3 Å². The van der Waals surface area contributed by atoms with Crippen molar-refractivity contribution in [3.8, 4) is 0 Å². The Labute approximate surface area is 116 Å². The van der Waals surface area contributed by atoms with E-state index in [1.54, 1.807) is 20.8 Å². The van der Waals surface area contributed by atoms with Crippen LogP contribution in [0.3, 0.4) is 0 Å². The first-order valence-electron chi connectivity index (χ1n) is 6.05. The molecule has 0 fully saturated rings. The average molecular weight is 283 g/mol. The number of esters is 1. The van der Waals surface area contributed by atoms with Gasteiger partial charge in [-0.3, -0.25) is 0 Å². The van der Waals surface area contributed by atoms with Crippen molar-refractivity contribution in [1.82, 2.24) is 0 Å². The molecule has 1 atom stereocenters. The van der Waals surface area contributed by atoms with Gasteiger partial charge in [0.1, 0.15) is 11.4 Å². The number of carboxylic acid groups (broad SMARTS) is 1. The molecule has 0 aliphatic rings. The number of rotatable bonds is 4. The SMILES string of the molecule is CC(C)(C)OC(=O)[C@@](N)(Cc1ccccc1F)C(=O)O. The summed E-state index contributed by atoms with van der Waals surface area (Å²) < 4.78 is 18.6. The summed E-state index contributed by atoms with van der Waals surface area (Å²) >= 11 is 0. The molecule has 1 rings (SSSR count). The Kier molecular flexibility index (Phi) is 4.50. The molecular formula is C14H18FNO4. The molecule has 3 N–H and O–H groups in total. The van der Waals surface area contributed by atoms with Gasteiger partial charge in [0.05, 0.1) is 0 Å². The third kappa shape index (κ3) is 3.77. The van der Waals surface area contributed by atoms with Crippen LogP contribution < -0.4 is 5.73 Å². The second kappa shape index (κ2) is 5.58. The van der Waals surface area contributed by atoms with Crippen LogP contribution in [-0.2, 0) is 20.7 Å². The number of halogens is 1. The molecule has 1 aromatic carbocycles. The number of hydrogen-bond acceptors (Lipinski definition) is 4. The van der Waals surface area contributed by atoms with E-state index in [1.807, 2.05) is 0 Å². The van der Waals surface area contributed by atoms with E-state index in [1.165, 1.54) is 24.3 Å². The Hall–Kier alpha value is -1.95. The van der Waals surface area contributed by atoms with E-state index in [4.69, 9.17) is 10.5 Å². The highest BCUT2D eigenvalue weighted by atomic mass is 19.1. The fourth-order valence-corrected chi connectivity index (χ4v) is 1.55. The monoisotopic (exact) mass is 283 g/mol. The van der Waals surface area contributed by atoms with Crippen molar-refractivity contribution in [2.75, 3.05) is 0 Å². The molecule has 6 heteroatoms. The van der Waals surface area contributed by atoms with Crippen molar-refractivity contribution < 1.29 is 23.8 Å². The van der Waals surface area contributed by atoms with Gasteiger partial charge in [0.25, 0.3) is 0 Å². The van der Waals surface area contributed by atoms with Crippen molar-refractivity contribution in [3.63, 3.8) is 0 Å². The van der Waals surface area contributed by atoms with Gasteiger partial charge in [-0.1, -0.05) is 18.2 Å². The van der Waals surface area contributed by atoms with E-state index < -0.39 is 35.3 Å². The van der Waals surface area contributed by atoms with Crippen molar-refractivity contribution in [1.29, 1.82) is 0 Å². The average Bonchev–Trinajstić information content (AvgIpc) is 2.29. The fourth-order valence-electron chi connectivity index (χ4n) is 1.55. The minimum atomic E-state index is -2.32. The number of carbonyl (C=O) groups is 2. The standard InChI is InChI=1S/C14H18FNO4/c1-13(2,3)20-12(19)14(16,11(17)18)8-9-6-4-5-7-10(9)15/h4-7H,8,16H2,1-3H3,(H,17,18)/t14-/m1/s1. The summed E-state index contributed by atoms with van der Waals surface area (Å²) in [5.74, 6) is -3.28. The first-order chi connectivity index (χ1) is 9.06. The summed E-state index contributed by atoms with van der Waals surface area (Å²) in [7, 11) is 0. The van der Waals surface area contributed by atoms with Crippen LogP contribution in [0.25, 0.3) is 0 Å². The second-order valence-corrected chi connectivity index (χ2v) is 5.55. The number of carboxylic acids is 1. The molecule has 0 saturated heterocycles. The summed E-state index contributed by atoms with van der Waals surface area (Å²) in [6.07, 6.45) is -0.482. The van der Waals surface area contributed by atoms with Gasteiger partial charge < -0.3 is 15.6 Å². The molecule has 1 aromatic rings. The summed E-state index contributed by atoms with van der Waals surface area (Å²) in [6.45, 7) is 4.78. The molecular weight excluding hydrogens is 265 g/mol. The Morgan fingerprint density at radius 1 is 1.30 bits per heavy atom. The topological polar surface area (TPSA) is 89.6 Å². The largest absolute Gasteiger partial charge is 0.479 e. The lowest BCUT2D eigenvalue weighted by Crippen LogP contribution is -2.58. The summed E-state index contributed by atoms with van der Waals surface area (Å²) in [6, 6.07) is 5.55. The van der Waals surface area contributed by atoms with Crippen LogP contribution >= 0.6 is 0 Å². The Morgan fingerprint density at radius 3 is 2.30 bits per heavy atom. The highest BCUT2D eigenvalue weighted by Crippen LogP contribution is 2.19. The Morgan fingerprint density at radius 2 is 1.85 bits per heavy atom. The molecule has 0 spiro atoms. The minimum Gasteiger partial charge on any atom is -0.479 e. The number of hydrogen-bond donors (Lipinski definition) is 2. The van der Waals surface area contributed by atoms with Gasteiger partial charge in [0, 0.05) is 6.42 Å². The van der Waals surface area contributed by atoms with Crippen LogP contribution in [0.4, 0.5) is 4.39 Å². The molecule has 0 radical (unpaired) electrons. The number of aliphatic carboxylic acids is 1. The van der Waals surface area contributed by atoms with Crippen LogP contribution in [-0.4, -0.2) is 28.2 Å². The normalized spacial score (nSPS) is 14.4. The maximum absolute atomic E-state index is 13.6. The highest BCUT2D eigenvalue weighted by molar-refractivity contribution is 6.04. The van der Waals surface area contributed by atoms with Gasteiger partial charge in [-0.25, -0.2) is 14.0 Å². The van der Waals surface area contributed by atoms with Gasteiger partial charge in [0.15, 0.2) is 0 Å². The van der Waals surface area contributed by atoms with Crippen LogP contribution in [0.1, 0.15) is 26.3 Å². The number of benzene rings is 1. The molecule has 20 heavy (non-hydrogen) atoms. The van der Waals surface area contributed by atoms with Crippen LogP contribution in [0, 0.1) is 5.82 Å². The summed E-state index contributed by atoms with van der Waals surface area (Å²) in [5, 5.41) is 9.20. The zero-order valence-corrected chi connectivity index (χ0v) is 11.6. The predicted molar refractivity (Wildman–Crippen MR) is 70.5 cm³/mol. The molecule has 0 saturated carbocycles. The minimum absolute atomic E-state index is 0.0447. The lowest BCUT2D eigenvalue weighted by atomic mass is 9.91. The third-order valence-electron chi connectivity index (χ3n) is 2.57. The van der Waals surface area contributed by atoms with Crippen molar-refractivity contribution >= 4 is 11.9 Å². The lowest BCUT2D eigenvalue weighted by Gasteiger charge is -2.28. The third-order valence-corrected chi connectivity index (χ3v) is 2.57.